The summed E-state index contributed by atoms with van der Waals surface area (Å²) in [6, 6.07) is 10.3. The normalized spacial score (nSPS) is 24.6. The first-order valence-corrected chi connectivity index (χ1v) is 8.68. The van der Waals surface area contributed by atoms with Gasteiger partial charge in [0.15, 0.2) is 11.6 Å². The second kappa shape index (κ2) is 6.90. The Labute approximate surface area is 155 Å². The Bertz CT molecular complexity index is 875. The molecule has 2 aliphatic rings. The molecule has 0 N–H and O–H groups in total. The van der Waals surface area contributed by atoms with Crippen molar-refractivity contribution >= 4 is 5.91 Å². The third-order valence-corrected chi connectivity index (χ3v) is 5.24. The zero-order valence-corrected chi connectivity index (χ0v) is 14.8. The summed E-state index contributed by atoms with van der Waals surface area (Å²) in [6.07, 6.45) is 0.0740. The molecule has 7 heteroatoms. The second-order valence-electron chi connectivity index (χ2n) is 6.67. The van der Waals surface area contributed by atoms with Crippen LogP contribution in [0.5, 0.6) is 5.75 Å². The molecule has 0 saturated carbocycles. The molecule has 2 atom stereocenters. The maximum absolute atomic E-state index is 13.7. The van der Waals surface area contributed by atoms with Gasteiger partial charge >= 0.3 is 0 Å². The van der Waals surface area contributed by atoms with Crippen LogP contribution >= 0.6 is 0 Å². The molecule has 4 rings (SSSR count). The molecule has 2 aliphatic heterocycles. The largest absolute Gasteiger partial charge is 0.494 e. The maximum atomic E-state index is 13.7. The highest BCUT2D eigenvalue weighted by atomic mass is 19.1. The Hall–Kier alpha value is -2.51. The number of methoxy groups -OCH3 is 1. The van der Waals surface area contributed by atoms with Crippen LogP contribution in [0.3, 0.4) is 0 Å². The minimum Gasteiger partial charge on any atom is -0.494 e. The van der Waals surface area contributed by atoms with Crippen molar-refractivity contribution < 1.29 is 27.8 Å². The molecule has 2 heterocycles. The van der Waals surface area contributed by atoms with E-state index in [2.05, 4.69) is 0 Å². The fraction of sp³-hybridized carbons (Fsp3) is 0.350. The fourth-order valence-electron chi connectivity index (χ4n) is 3.80. The van der Waals surface area contributed by atoms with Crippen LogP contribution in [0.2, 0.25) is 0 Å². The first-order chi connectivity index (χ1) is 13.0. The summed E-state index contributed by atoms with van der Waals surface area (Å²) in [5.41, 5.74) is 0.283. The lowest BCUT2D eigenvalue weighted by Crippen LogP contribution is -2.53. The molecular weight excluding hydrogens is 356 g/mol. The predicted octanol–water partition coefficient (Wildman–Crippen LogP) is 3.09. The van der Waals surface area contributed by atoms with Crippen LogP contribution in [0.25, 0.3) is 0 Å². The molecule has 0 radical (unpaired) electrons. The number of carbonyl (C=O) groups is 1. The van der Waals surface area contributed by atoms with Gasteiger partial charge in [0.1, 0.15) is 24.3 Å². The molecule has 1 amide bonds. The summed E-state index contributed by atoms with van der Waals surface area (Å²) >= 11 is 0. The number of benzene rings is 2. The number of rotatable bonds is 3. The molecule has 142 valence electrons. The lowest BCUT2D eigenvalue weighted by molar-refractivity contribution is -0.0441. The van der Waals surface area contributed by atoms with E-state index in [-0.39, 0.29) is 24.3 Å². The number of piperidine rings is 1. The Kier molecular flexibility index (Phi) is 4.57. The average Bonchev–Trinajstić information content (AvgIpc) is 3.12. The van der Waals surface area contributed by atoms with Gasteiger partial charge in [0.05, 0.1) is 13.7 Å². The number of fused-ring (bicyclic) bond motifs is 1. The van der Waals surface area contributed by atoms with Crippen molar-refractivity contribution in [2.24, 2.45) is 0 Å². The average molecular weight is 375 g/mol. The summed E-state index contributed by atoms with van der Waals surface area (Å²) in [5, 5.41) is 0. The zero-order valence-electron chi connectivity index (χ0n) is 14.8. The van der Waals surface area contributed by atoms with E-state index in [0.717, 1.165) is 0 Å². The van der Waals surface area contributed by atoms with Crippen LogP contribution in [0.4, 0.5) is 8.78 Å². The van der Waals surface area contributed by atoms with Crippen molar-refractivity contribution in [1.29, 1.82) is 0 Å². The molecule has 2 aromatic rings. The number of halogens is 2. The number of carbonyl (C=O) groups excluding carboxylic acids is 1. The van der Waals surface area contributed by atoms with Gasteiger partial charge in [-0.1, -0.05) is 12.1 Å². The zero-order chi connectivity index (χ0) is 19.0. The van der Waals surface area contributed by atoms with Gasteiger partial charge in [-0.05, 0) is 35.9 Å². The molecule has 2 unspecified atom stereocenters. The maximum Gasteiger partial charge on any atom is 0.254 e. The van der Waals surface area contributed by atoms with E-state index in [1.54, 1.807) is 11.0 Å². The molecule has 2 saturated heterocycles. The van der Waals surface area contributed by atoms with Gasteiger partial charge in [-0.2, -0.15) is 0 Å². The summed E-state index contributed by atoms with van der Waals surface area (Å²) < 4.78 is 43.8. The highest BCUT2D eigenvalue weighted by molar-refractivity contribution is 5.94. The third kappa shape index (κ3) is 3.07. The summed E-state index contributed by atoms with van der Waals surface area (Å²) in [6.45, 7) is 0.803. The molecule has 0 aromatic heterocycles. The van der Waals surface area contributed by atoms with Crippen LogP contribution in [0.15, 0.2) is 42.5 Å². The van der Waals surface area contributed by atoms with Crippen molar-refractivity contribution in [3.05, 3.63) is 65.2 Å². The van der Waals surface area contributed by atoms with Gasteiger partial charge in [0.2, 0.25) is 0 Å². The van der Waals surface area contributed by atoms with Crippen LogP contribution in [-0.4, -0.2) is 43.9 Å². The van der Waals surface area contributed by atoms with E-state index in [1.165, 1.54) is 37.4 Å². The van der Waals surface area contributed by atoms with Gasteiger partial charge in [-0.15, -0.1) is 0 Å². The predicted molar refractivity (Wildman–Crippen MR) is 92.4 cm³/mol. The van der Waals surface area contributed by atoms with Gasteiger partial charge in [-0.3, -0.25) is 4.79 Å². The molecule has 0 bridgehead atoms. The number of nitrogens with zero attached hydrogens (tertiary/aromatic N) is 1. The van der Waals surface area contributed by atoms with Gasteiger partial charge in [-0.25, -0.2) is 8.78 Å². The third-order valence-electron chi connectivity index (χ3n) is 5.24. The standard InChI is InChI=1S/C20H19F2NO4/c1-25-17-9-13(5-6-16(17)22)19(24)23-8-7-20(18(11-23)26-12-27-20)14-3-2-4-15(21)10-14/h2-6,9-10,18H,7-8,11-12H2,1H3. The Morgan fingerprint density at radius 1 is 1.26 bits per heavy atom. The Morgan fingerprint density at radius 3 is 2.89 bits per heavy atom. The van der Waals surface area contributed by atoms with Crippen LogP contribution in [0.1, 0.15) is 22.3 Å². The molecule has 0 spiro atoms. The van der Waals surface area contributed by atoms with E-state index in [1.807, 2.05) is 6.07 Å². The first kappa shape index (κ1) is 17.9. The first-order valence-electron chi connectivity index (χ1n) is 8.68. The minimum atomic E-state index is -0.765. The fourth-order valence-corrected chi connectivity index (χ4v) is 3.80. The smallest absolute Gasteiger partial charge is 0.254 e. The monoisotopic (exact) mass is 375 g/mol. The van der Waals surface area contributed by atoms with Crippen molar-refractivity contribution in [2.75, 3.05) is 27.0 Å². The van der Waals surface area contributed by atoms with E-state index in [4.69, 9.17) is 14.2 Å². The number of ether oxygens (including phenoxy) is 3. The number of hydrogen-bond acceptors (Lipinski definition) is 4. The second-order valence-corrected chi connectivity index (χ2v) is 6.67. The highest BCUT2D eigenvalue weighted by Gasteiger charge is 2.51. The van der Waals surface area contributed by atoms with Gasteiger partial charge < -0.3 is 19.1 Å². The lowest BCUT2D eigenvalue weighted by Gasteiger charge is -2.42. The van der Waals surface area contributed by atoms with Crippen molar-refractivity contribution in [1.82, 2.24) is 4.90 Å². The highest BCUT2D eigenvalue weighted by Crippen LogP contribution is 2.42. The van der Waals surface area contributed by atoms with E-state index >= 15 is 0 Å². The number of amides is 1. The van der Waals surface area contributed by atoms with Crippen LogP contribution < -0.4 is 4.74 Å². The number of likely N-dealkylation sites (tertiary alicyclic amines) is 1. The number of hydrogen-bond donors (Lipinski definition) is 0. The van der Waals surface area contributed by atoms with Crippen LogP contribution in [-0.2, 0) is 15.1 Å². The van der Waals surface area contributed by atoms with Crippen molar-refractivity contribution in [3.63, 3.8) is 0 Å². The van der Waals surface area contributed by atoms with Gasteiger partial charge in [0, 0.05) is 18.5 Å². The van der Waals surface area contributed by atoms with Crippen molar-refractivity contribution in [3.8, 4) is 5.75 Å². The minimum absolute atomic E-state index is 0.0208. The van der Waals surface area contributed by atoms with E-state index < -0.39 is 17.5 Å². The van der Waals surface area contributed by atoms with E-state index in [0.29, 0.717) is 30.6 Å². The topological polar surface area (TPSA) is 48.0 Å². The SMILES string of the molecule is COc1cc(C(=O)N2CCC3(c4cccc(F)c4)OCOC3C2)ccc1F. The molecule has 5 nitrogen and oxygen atoms in total. The van der Waals surface area contributed by atoms with Crippen LogP contribution in [0, 0.1) is 11.6 Å². The molecule has 2 fully saturated rings. The quantitative estimate of drug-likeness (QED) is 0.827. The lowest BCUT2D eigenvalue weighted by atomic mass is 9.82. The molecular formula is C20H19F2NO4. The Morgan fingerprint density at radius 2 is 2.11 bits per heavy atom. The van der Waals surface area contributed by atoms with Crippen molar-refractivity contribution in [2.45, 2.75) is 18.1 Å². The summed E-state index contributed by atoms with van der Waals surface area (Å²) in [7, 11) is 1.35. The molecule has 27 heavy (non-hydrogen) atoms. The van der Waals surface area contributed by atoms with Gasteiger partial charge in [0.25, 0.3) is 5.91 Å². The Balaban J connectivity index is 1.57. The summed E-state index contributed by atoms with van der Waals surface area (Å²) in [5.74, 6) is -1.08. The van der Waals surface area contributed by atoms with E-state index in [9.17, 15) is 13.6 Å². The summed E-state index contributed by atoms with van der Waals surface area (Å²) in [4.78, 5) is 14.5. The molecule has 0 aliphatic carbocycles. The molecule has 2 aromatic carbocycles.